The third kappa shape index (κ3) is 4.75. The van der Waals surface area contributed by atoms with E-state index in [1.165, 1.54) is 56.9 Å². The van der Waals surface area contributed by atoms with Crippen LogP contribution >= 0.6 is 0 Å². The zero-order valence-electron chi connectivity index (χ0n) is 17.8. The number of nitrogens with zero attached hydrogens (tertiary/aromatic N) is 1. The molecule has 156 valence electrons. The molecule has 0 saturated heterocycles. The summed E-state index contributed by atoms with van der Waals surface area (Å²) >= 11 is 0. The number of carbonyl (C=O) groups excluding carboxylic acids is 1. The van der Waals surface area contributed by atoms with Gasteiger partial charge in [0.05, 0.1) is 17.2 Å². The molecule has 2 fully saturated rings. The Kier molecular flexibility index (Phi) is 6.53. The van der Waals surface area contributed by atoms with E-state index in [9.17, 15) is 4.79 Å². The van der Waals surface area contributed by atoms with Gasteiger partial charge >= 0.3 is 5.97 Å². The number of ether oxygens (including phenoxy) is 1. The number of benzene rings is 2. The Hall–Kier alpha value is -2.60. The topological polar surface area (TPSA) is 50.1 Å². The van der Waals surface area contributed by atoms with E-state index in [2.05, 4.69) is 25.1 Å². The predicted octanol–water partition coefficient (Wildman–Crippen LogP) is 6.88. The fourth-order valence-electron chi connectivity index (χ4n) is 5.61. The Labute approximate surface area is 180 Å². The van der Waals surface area contributed by atoms with E-state index < -0.39 is 0 Å². The van der Waals surface area contributed by atoms with Gasteiger partial charge in [-0.2, -0.15) is 5.26 Å². The van der Waals surface area contributed by atoms with Crippen LogP contribution in [0.15, 0.2) is 48.5 Å². The highest BCUT2D eigenvalue weighted by Crippen LogP contribution is 2.48. The van der Waals surface area contributed by atoms with Crippen molar-refractivity contribution in [3.63, 3.8) is 0 Å². The van der Waals surface area contributed by atoms with Crippen LogP contribution in [0.25, 0.3) is 0 Å². The van der Waals surface area contributed by atoms with Crippen molar-refractivity contribution in [2.24, 2.45) is 17.8 Å². The molecule has 4 rings (SSSR count). The summed E-state index contributed by atoms with van der Waals surface area (Å²) in [7, 11) is 0. The molecule has 0 aromatic heterocycles. The minimum atomic E-state index is -0.357. The van der Waals surface area contributed by atoms with E-state index in [-0.39, 0.29) is 5.97 Å². The van der Waals surface area contributed by atoms with Gasteiger partial charge < -0.3 is 4.74 Å². The highest BCUT2D eigenvalue weighted by Gasteiger charge is 2.35. The Morgan fingerprint density at radius 2 is 1.67 bits per heavy atom. The molecule has 0 heterocycles. The maximum Gasteiger partial charge on any atom is 0.343 e. The molecule has 2 saturated carbocycles. The molecule has 2 aliphatic rings. The van der Waals surface area contributed by atoms with Gasteiger partial charge in [-0.1, -0.05) is 38.3 Å². The lowest BCUT2D eigenvalue weighted by Crippen LogP contribution is -2.30. The van der Waals surface area contributed by atoms with Crippen molar-refractivity contribution in [1.29, 1.82) is 5.26 Å². The normalized spacial score (nSPS) is 25.7. The molecule has 3 heteroatoms. The van der Waals surface area contributed by atoms with Gasteiger partial charge in [0, 0.05) is 0 Å². The summed E-state index contributed by atoms with van der Waals surface area (Å²) in [5.74, 6) is 3.52. The lowest BCUT2D eigenvalue weighted by molar-refractivity contribution is 0.0734. The lowest BCUT2D eigenvalue weighted by atomic mass is 9.63. The molecular weight excluding hydrogens is 370 g/mol. The second-order valence-corrected chi connectivity index (χ2v) is 9.15. The van der Waals surface area contributed by atoms with E-state index in [0.717, 1.165) is 17.8 Å². The number of nitriles is 1. The molecule has 4 unspecified atom stereocenters. The largest absolute Gasteiger partial charge is 0.423 e. The molecule has 0 N–H and O–H groups in total. The molecule has 3 nitrogen and oxygen atoms in total. The Balaban J connectivity index is 1.34. The third-order valence-electron chi connectivity index (χ3n) is 7.23. The maximum atomic E-state index is 12.4. The Bertz CT molecular complexity index is 894. The zero-order chi connectivity index (χ0) is 20.9. The van der Waals surface area contributed by atoms with Crippen molar-refractivity contribution < 1.29 is 9.53 Å². The molecule has 0 aliphatic heterocycles. The molecular formula is C27H31NO2. The van der Waals surface area contributed by atoms with E-state index in [1.807, 2.05) is 12.1 Å². The van der Waals surface area contributed by atoms with Crippen molar-refractivity contribution in [3.8, 4) is 11.8 Å². The van der Waals surface area contributed by atoms with Gasteiger partial charge in [0.15, 0.2) is 0 Å². The van der Waals surface area contributed by atoms with Gasteiger partial charge in [-0.15, -0.1) is 0 Å². The number of esters is 1. The second-order valence-electron chi connectivity index (χ2n) is 9.15. The van der Waals surface area contributed by atoms with Crippen LogP contribution in [0.1, 0.15) is 85.7 Å². The number of hydrogen-bond acceptors (Lipinski definition) is 3. The van der Waals surface area contributed by atoms with Crippen LogP contribution in [0.5, 0.6) is 5.75 Å². The van der Waals surface area contributed by atoms with E-state index in [0.29, 0.717) is 22.8 Å². The monoisotopic (exact) mass is 401 g/mol. The molecule has 2 aromatic rings. The molecule has 0 spiro atoms. The first-order valence-electron chi connectivity index (χ1n) is 11.5. The fourth-order valence-corrected chi connectivity index (χ4v) is 5.61. The second kappa shape index (κ2) is 9.47. The highest BCUT2D eigenvalue weighted by molar-refractivity contribution is 5.91. The summed E-state index contributed by atoms with van der Waals surface area (Å²) in [4.78, 5) is 12.4. The molecule has 2 aromatic carbocycles. The number of fused-ring (bicyclic) bond motifs is 1. The standard InChI is InChI=1S/C27H31NO2/c1-2-3-19-4-7-25-17-24(13-12-23(25)16-19)21-8-10-22(11-9-21)27(29)30-26-14-5-20(18-28)6-15-26/h5-6,8-11,14-15,19,23-25H,2-4,7,12-13,16-17H2,1H3. The highest BCUT2D eigenvalue weighted by atomic mass is 16.5. The first-order chi connectivity index (χ1) is 14.7. The van der Waals surface area contributed by atoms with Crippen molar-refractivity contribution in [2.45, 2.75) is 64.2 Å². The molecule has 30 heavy (non-hydrogen) atoms. The quantitative estimate of drug-likeness (QED) is 0.405. The van der Waals surface area contributed by atoms with Crippen LogP contribution in [-0.4, -0.2) is 5.97 Å². The minimum Gasteiger partial charge on any atom is -0.423 e. The molecule has 0 amide bonds. The van der Waals surface area contributed by atoms with Crippen LogP contribution in [0.2, 0.25) is 0 Å². The molecule has 0 bridgehead atoms. The first-order valence-corrected chi connectivity index (χ1v) is 11.5. The van der Waals surface area contributed by atoms with Crippen molar-refractivity contribution in [3.05, 3.63) is 65.2 Å². The van der Waals surface area contributed by atoms with Gasteiger partial charge in [-0.25, -0.2) is 4.79 Å². The van der Waals surface area contributed by atoms with Gasteiger partial charge in [-0.05, 0) is 97.7 Å². The van der Waals surface area contributed by atoms with Gasteiger partial charge in [0.25, 0.3) is 0 Å². The SMILES string of the molecule is CCCC1CCC2CC(c3ccc(C(=O)Oc4ccc(C#N)cc4)cc3)CCC2C1. The summed E-state index contributed by atoms with van der Waals surface area (Å²) in [6.07, 6.45) is 10.9. The number of rotatable bonds is 5. The Morgan fingerprint density at radius 3 is 2.37 bits per heavy atom. The van der Waals surface area contributed by atoms with Crippen LogP contribution in [0.4, 0.5) is 0 Å². The first kappa shape index (κ1) is 20.7. The minimum absolute atomic E-state index is 0.357. The fraction of sp³-hybridized carbons (Fsp3) is 0.481. The van der Waals surface area contributed by atoms with Gasteiger partial charge in [0.1, 0.15) is 5.75 Å². The van der Waals surface area contributed by atoms with Crippen LogP contribution in [0.3, 0.4) is 0 Å². The van der Waals surface area contributed by atoms with E-state index >= 15 is 0 Å². The average molecular weight is 402 g/mol. The summed E-state index contributed by atoms with van der Waals surface area (Å²) in [5.41, 5.74) is 2.48. The third-order valence-corrected chi connectivity index (χ3v) is 7.23. The maximum absolute atomic E-state index is 12.4. The summed E-state index contributed by atoms with van der Waals surface area (Å²) in [6, 6.07) is 16.7. The average Bonchev–Trinajstić information content (AvgIpc) is 2.79. The summed E-state index contributed by atoms with van der Waals surface area (Å²) in [6.45, 7) is 2.31. The number of carbonyl (C=O) groups is 1. The van der Waals surface area contributed by atoms with Crippen molar-refractivity contribution >= 4 is 5.97 Å². The van der Waals surface area contributed by atoms with Crippen LogP contribution < -0.4 is 4.74 Å². The van der Waals surface area contributed by atoms with E-state index in [1.54, 1.807) is 24.3 Å². The smallest absolute Gasteiger partial charge is 0.343 e. The van der Waals surface area contributed by atoms with Crippen molar-refractivity contribution in [1.82, 2.24) is 0 Å². The van der Waals surface area contributed by atoms with Gasteiger partial charge in [-0.3, -0.25) is 0 Å². The summed E-state index contributed by atoms with van der Waals surface area (Å²) < 4.78 is 5.44. The summed E-state index contributed by atoms with van der Waals surface area (Å²) in [5, 5.41) is 8.86. The van der Waals surface area contributed by atoms with Crippen LogP contribution in [-0.2, 0) is 0 Å². The predicted molar refractivity (Wildman–Crippen MR) is 118 cm³/mol. The molecule has 4 atom stereocenters. The zero-order valence-corrected chi connectivity index (χ0v) is 17.8. The van der Waals surface area contributed by atoms with Gasteiger partial charge in [0.2, 0.25) is 0 Å². The molecule has 2 aliphatic carbocycles. The lowest BCUT2D eigenvalue weighted by Gasteiger charge is -2.42. The van der Waals surface area contributed by atoms with Crippen LogP contribution in [0, 0.1) is 29.1 Å². The number of hydrogen-bond donors (Lipinski definition) is 0. The van der Waals surface area contributed by atoms with Crippen molar-refractivity contribution in [2.75, 3.05) is 0 Å². The Morgan fingerprint density at radius 1 is 0.967 bits per heavy atom. The van der Waals surface area contributed by atoms with E-state index in [4.69, 9.17) is 10.00 Å². The molecule has 0 radical (unpaired) electrons.